The normalized spacial score (nSPS) is 23.7. The van der Waals surface area contributed by atoms with Gasteiger partial charge in [-0.2, -0.15) is 0 Å². The molecule has 0 radical (unpaired) electrons. The van der Waals surface area contributed by atoms with E-state index in [-0.39, 0.29) is 11.5 Å². The van der Waals surface area contributed by atoms with Crippen molar-refractivity contribution in [3.63, 3.8) is 0 Å². The summed E-state index contributed by atoms with van der Waals surface area (Å²) in [5.41, 5.74) is 1.41. The Kier molecular flexibility index (Phi) is 5.09. The molecular formula is C24H26N4O2. The molecule has 3 aromatic rings. The summed E-state index contributed by atoms with van der Waals surface area (Å²) >= 11 is 0. The van der Waals surface area contributed by atoms with Crippen molar-refractivity contribution in [2.75, 3.05) is 31.6 Å². The minimum absolute atomic E-state index is 0.0819. The van der Waals surface area contributed by atoms with Gasteiger partial charge >= 0.3 is 0 Å². The van der Waals surface area contributed by atoms with Crippen LogP contribution in [0.15, 0.2) is 60.9 Å². The number of amides is 1. The van der Waals surface area contributed by atoms with Gasteiger partial charge in [0.05, 0.1) is 17.7 Å². The number of carbonyl (C=O) groups is 1. The lowest BCUT2D eigenvalue weighted by Gasteiger charge is -2.40. The highest BCUT2D eigenvalue weighted by Gasteiger charge is 2.44. The Hall–Kier alpha value is -2.99. The number of aromatic nitrogens is 2. The average Bonchev–Trinajstić information content (AvgIpc) is 3.19. The zero-order valence-corrected chi connectivity index (χ0v) is 17.0. The number of nitrogens with one attached hydrogen (secondary N) is 1. The Morgan fingerprint density at radius 3 is 3.00 bits per heavy atom. The number of pyridine rings is 2. The van der Waals surface area contributed by atoms with Crippen LogP contribution in [-0.2, 0) is 4.74 Å². The Labute approximate surface area is 176 Å². The highest BCUT2D eigenvalue weighted by atomic mass is 16.5. The average molecular weight is 402 g/mol. The Balaban J connectivity index is 1.24. The monoisotopic (exact) mass is 402 g/mol. The first kappa shape index (κ1) is 19.0. The van der Waals surface area contributed by atoms with Gasteiger partial charge in [0.1, 0.15) is 5.82 Å². The summed E-state index contributed by atoms with van der Waals surface area (Å²) in [4.78, 5) is 23.8. The summed E-state index contributed by atoms with van der Waals surface area (Å²) in [5.74, 6) is 1.40. The second kappa shape index (κ2) is 8.03. The largest absolute Gasteiger partial charge is 0.373 e. The Morgan fingerprint density at radius 1 is 1.17 bits per heavy atom. The zero-order valence-electron chi connectivity index (χ0n) is 17.0. The summed E-state index contributed by atoms with van der Waals surface area (Å²) < 4.78 is 6.30. The number of piperidine rings is 1. The van der Waals surface area contributed by atoms with Crippen LogP contribution in [0.2, 0.25) is 0 Å². The van der Waals surface area contributed by atoms with E-state index in [0.29, 0.717) is 12.5 Å². The van der Waals surface area contributed by atoms with E-state index in [2.05, 4.69) is 15.3 Å². The molecule has 1 N–H and O–H groups in total. The van der Waals surface area contributed by atoms with Crippen LogP contribution in [-0.4, -0.2) is 52.6 Å². The fourth-order valence-electron chi connectivity index (χ4n) is 4.73. The number of nitrogens with zero attached hydrogens (tertiary/aromatic N) is 3. The van der Waals surface area contributed by atoms with Gasteiger partial charge in [0.2, 0.25) is 0 Å². The lowest BCUT2D eigenvalue weighted by molar-refractivity contribution is -0.0449. The molecule has 0 aliphatic carbocycles. The number of likely N-dealkylation sites (tertiary alicyclic amines) is 1. The SMILES string of the molecule is O=C(c1ccc2ncccc2c1)N1CCC[C@]2(C[C@H](CNc3ccccn3)CO2)C1. The lowest BCUT2D eigenvalue weighted by atomic mass is 9.86. The molecule has 4 heterocycles. The number of anilines is 1. The van der Waals surface area contributed by atoms with Crippen molar-refractivity contribution in [1.82, 2.24) is 14.9 Å². The van der Waals surface area contributed by atoms with E-state index in [1.807, 2.05) is 53.4 Å². The van der Waals surface area contributed by atoms with Crippen LogP contribution in [0.1, 0.15) is 29.6 Å². The van der Waals surface area contributed by atoms with E-state index in [4.69, 9.17) is 4.74 Å². The molecule has 6 heteroatoms. The summed E-state index contributed by atoms with van der Waals surface area (Å²) in [7, 11) is 0. The highest BCUT2D eigenvalue weighted by molar-refractivity contribution is 5.98. The fraction of sp³-hybridized carbons (Fsp3) is 0.375. The smallest absolute Gasteiger partial charge is 0.253 e. The van der Waals surface area contributed by atoms with E-state index in [0.717, 1.165) is 61.2 Å². The molecule has 2 aliphatic rings. The van der Waals surface area contributed by atoms with E-state index in [1.54, 1.807) is 12.4 Å². The van der Waals surface area contributed by atoms with E-state index < -0.39 is 0 Å². The predicted molar refractivity (Wildman–Crippen MR) is 116 cm³/mol. The van der Waals surface area contributed by atoms with E-state index in [9.17, 15) is 4.79 Å². The maximum Gasteiger partial charge on any atom is 0.253 e. The first-order chi connectivity index (χ1) is 14.7. The highest BCUT2D eigenvalue weighted by Crippen LogP contribution is 2.38. The van der Waals surface area contributed by atoms with Gasteiger partial charge in [-0.1, -0.05) is 12.1 Å². The number of ether oxygens (including phenoxy) is 1. The standard InChI is InChI=1S/C24H26N4O2/c29-23(20-7-8-21-19(13-20)5-3-11-25-21)28-12-4-9-24(17-28)14-18(16-30-24)15-27-22-6-1-2-10-26-22/h1-3,5-8,10-11,13,18H,4,9,12,14-17H2,(H,26,27)/t18-,24+/m1/s1. The molecule has 2 aliphatic heterocycles. The molecule has 1 amide bonds. The van der Waals surface area contributed by atoms with Crippen LogP contribution in [0.25, 0.3) is 10.9 Å². The Bertz CT molecular complexity index is 1040. The minimum atomic E-state index is -0.219. The number of fused-ring (bicyclic) bond motifs is 1. The lowest BCUT2D eigenvalue weighted by Crippen LogP contribution is -2.50. The Morgan fingerprint density at radius 2 is 2.10 bits per heavy atom. The van der Waals surface area contributed by atoms with Crippen molar-refractivity contribution in [3.05, 3.63) is 66.5 Å². The first-order valence-electron chi connectivity index (χ1n) is 10.6. The van der Waals surface area contributed by atoms with Gasteiger partial charge in [-0.05, 0) is 55.7 Å². The third-order valence-corrected chi connectivity index (χ3v) is 6.20. The van der Waals surface area contributed by atoms with Crippen molar-refractivity contribution < 1.29 is 9.53 Å². The summed E-state index contributed by atoms with van der Waals surface area (Å²) in [6, 6.07) is 15.5. The molecule has 1 spiro atoms. The van der Waals surface area contributed by atoms with Crippen LogP contribution < -0.4 is 5.32 Å². The van der Waals surface area contributed by atoms with Crippen LogP contribution in [0.4, 0.5) is 5.82 Å². The van der Waals surface area contributed by atoms with Gasteiger partial charge in [-0.15, -0.1) is 0 Å². The molecular weight excluding hydrogens is 376 g/mol. The molecule has 30 heavy (non-hydrogen) atoms. The third kappa shape index (κ3) is 3.87. The number of hydrogen-bond acceptors (Lipinski definition) is 5. The molecule has 5 rings (SSSR count). The summed E-state index contributed by atoms with van der Waals surface area (Å²) in [6.07, 6.45) is 6.52. The first-order valence-corrected chi connectivity index (χ1v) is 10.6. The van der Waals surface area contributed by atoms with Gasteiger partial charge in [0.25, 0.3) is 5.91 Å². The van der Waals surface area contributed by atoms with Gasteiger partial charge in [0, 0.05) is 48.9 Å². The van der Waals surface area contributed by atoms with Crippen LogP contribution in [0, 0.1) is 5.92 Å². The summed E-state index contributed by atoms with van der Waals surface area (Å²) in [5, 5.41) is 4.40. The van der Waals surface area contributed by atoms with E-state index >= 15 is 0 Å². The molecule has 0 unspecified atom stereocenters. The van der Waals surface area contributed by atoms with Crippen LogP contribution in [0.3, 0.4) is 0 Å². The second-order valence-corrected chi connectivity index (χ2v) is 8.40. The number of carbonyl (C=O) groups excluding carboxylic acids is 1. The van der Waals surface area contributed by atoms with Crippen molar-refractivity contribution in [2.24, 2.45) is 5.92 Å². The van der Waals surface area contributed by atoms with Gasteiger partial charge in [-0.25, -0.2) is 4.98 Å². The maximum absolute atomic E-state index is 13.2. The van der Waals surface area contributed by atoms with Crippen LogP contribution >= 0.6 is 0 Å². The van der Waals surface area contributed by atoms with Gasteiger partial charge < -0.3 is 15.0 Å². The molecule has 1 aromatic carbocycles. The van der Waals surface area contributed by atoms with Gasteiger partial charge in [-0.3, -0.25) is 9.78 Å². The minimum Gasteiger partial charge on any atom is -0.373 e. The van der Waals surface area contributed by atoms with Crippen molar-refractivity contribution in [2.45, 2.75) is 24.9 Å². The molecule has 2 aromatic heterocycles. The quantitative estimate of drug-likeness (QED) is 0.720. The van der Waals surface area contributed by atoms with Crippen molar-refractivity contribution in [3.8, 4) is 0 Å². The van der Waals surface area contributed by atoms with Crippen LogP contribution in [0.5, 0.6) is 0 Å². The van der Waals surface area contributed by atoms with Crippen molar-refractivity contribution >= 4 is 22.6 Å². The molecule has 2 atom stereocenters. The van der Waals surface area contributed by atoms with Crippen molar-refractivity contribution in [1.29, 1.82) is 0 Å². The van der Waals surface area contributed by atoms with Gasteiger partial charge in [0.15, 0.2) is 0 Å². The molecule has 0 saturated carbocycles. The number of benzene rings is 1. The predicted octanol–water partition coefficient (Wildman–Crippen LogP) is 3.75. The molecule has 6 nitrogen and oxygen atoms in total. The topological polar surface area (TPSA) is 67.4 Å². The molecule has 0 bridgehead atoms. The number of rotatable bonds is 4. The second-order valence-electron chi connectivity index (χ2n) is 8.40. The zero-order chi connectivity index (χ0) is 20.4. The maximum atomic E-state index is 13.2. The van der Waals surface area contributed by atoms with E-state index in [1.165, 1.54) is 0 Å². The summed E-state index contributed by atoms with van der Waals surface area (Å²) in [6.45, 7) is 3.01. The molecule has 2 saturated heterocycles. The molecule has 2 fully saturated rings. The third-order valence-electron chi connectivity index (χ3n) is 6.20. The molecule has 154 valence electrons. The number of hydrogen-bond donors (Lipinski definition) is 1. The fourth-order valence-corrected chi connectivity index (χ4v) is 4.73.